The van der Waals surface area contributed by atoms with E-state index in [9.17, 15) is 0 Å². The van der Waals surface area contributed by atoms with E-state index < -0.39 is 0 Å². The zero-order valence-electron chi connectivity index (χ0n) is 11.8. The van der Waals surface area contributed by atoms with Gasteiger partial charge in [-0.05, 0) is 43.9 Å². The van der Waals surface area contributed by atoms with Gasteiger partial charge in [-0.25, -0.2) is 0 Å². The summed E-state index contributed by atoms with van der Waals surface area (Å²) in [6, 6.07) is 0. The Morgan fingerprint density at radius 1 is 1.39 bits per heavy atom. The van der Waals surface area contributed by atoms with Gasteiger partial charge in [0.15, 0.2) is 5.82 Å². The Morgan fingerprint density at radius 2 is 2.06 bits per heavy atom. The molecule has 18 heavy (non-hydrogen) atoms. The lowest BCUT2D eigenvalue weighted by Gasteiger charge is -2.33. The third-order valence-corrected chi connectivity index (χ3v) is 4.02. The van der Waals surface area contributed by atoms with E-state index >= 15 is 0 Å². The van der Waals surface area contributed by atoms with Gasteiger partial charge in [-0.15, -0.1) is 0 Å². The Morgan fingerprint density at radius 3 is 2.67 bits per heavy atom. The normalized spacial score (nSPS) is 28.8. The summed E-state index contributed by atoms with van der Waals surface area (Å²) in [6.45, 7) is 6.68. The summed E-state index contributed by atoms with van der Waals surface area (Å²) in [7, 11) is 0. The Kier molecular flexibility index (Phi) is 4.05. The number of nitrogens with zero attached hydrogens (tertiary/aromatic N) is 2. The maximum absolute atomic E-state index is 6.43. The number of aryl methyl sites for hydroxylation is 1. The lowest BCUT2D eigenvalue weighted by Crippen LogP contribution is -2.41. The van der Waals surface area contributed by atoms with Crippen LogP contribution >= 0.6 is 0 Å². The minimum absolute atomic E-state index is 0.355. The summed E-state index contributed by atoms with van der Waals surface area (Å²) in [5, 5.41) is 4.10. The summed E-state index contributed by atoms with van der Waals surface area (Å²) in [6.07, 6.45) is 6.20. The van der Waals surface area contributed by atoms with E-state index in [4.69, 9.17) is 10.3 Å². The van der Waals surface area contributed by atoms with Crippen molar-refractivity contribution in [1.29, 1.82) is 0 Å². The van der Waals surface area contributed by atoms with Crippen molar-refractivity contribution in [3.05, 3.63) is 11.7 Å². The molecule has 1 aliphatic carbocycles. The lowest BCUT2D eigenvalue weighted by atomic mass is 9.77. The third kappa shape index (κ3) is 3.10. The van der Waals surface area contributed by atoms with Crippen LogP contribution in [0.4, 0.5) is 0 Å². The first-order valence-corrected chi connectivity index (χ1v) is 7.11. The topological polar surface area (TPSA) is 64.9 Å². The van der Waals surface area contributed by atoms with Crippen molar-refractivity contribution in [1.82, 2.24) is 10.1 Å². The summed E-state index contributed by atoms with van der Waals surface area (Å²) >= 11 is 0. The van der Waals surface area contributed by atoms with E-state index in [1.54, 1.807) is 0 Å². The highest BCUT2D eigenvalue weighted by Gasteiger charge is 2.36. The van der Waals surface area contributed by atoms with Crippen LogP contribution in [0, 0.1) is 11.8 Å². The van der Waals surface area contributed by atoms with E-state index in [0.29, 0.717) is 11.7 Å². The molecule has 1 aromatic rings. The molecule has 1 fully saturated rings. The van der Waals surface area contributed by atoms with E-state index in [1.807, 2.05) is 0 Å². The highest BCUT2D eigenvalue weighted by Crippen LogP contribution is 2.35. The number of rotatable bonds is 4. The van der Waals surface area contributed by atoms with Crippen LogP contribution in [0.1, 0.15) is 64.6 Å². The largest absolute Gasteiger partial charge is 0.339 e. The van der Waals surface area contributed by atoms with E-state index in [0.717, 1.165) is 50.3 Å². The van der Waals surface area contributed by atoms with Crippen molar-refractivity contribution < 1.29 is 4.52 Å². The smallest absolute Gasteiger partial charge is 0.226 e. The first-order valence-electron chi connectivity index (χ1n) is 7.11. The molecule has 2 N–H and O–H groups in total. The molecule has 1 aliphatic rings. The van der Waals surface area contributed by atoms with E-state index in [-0.39, 0.29) is 5.54 Å². The SMILES string of the molecule is CC(C)CCc1nc(C2(N)CCC(C)CC2)no1. The minimum atomic E-state index is -0.355. The van der Waals surface area contributed by atoms with E-state index in [2.05, 4.69) is 30.9 Å². The van der Waals surface area contributed by atoms with Gasteiger partial charge in [-0.2, -0.15) is 4.98 Å². The average molecular weight is 251 g/mol. The lowest BCUT2D eigenvalue weighted by molar-refractivity contribution is 0.230. The zero-order valence-corrected chi connectivity index (χ0v) is 11.8. The maximum atomic E-state index is 6.43. The van der Waals surface area contributed by atoms with Gasteiger partial charge >= 0.3 is 0 Å². The highest BCUT2D eigenvalue weighted by atomic mass is 16.5. The number of nitrogens with two attached hydrogens (primary N) is 1. The minimum Gasteiger partial charge on any atom is -0.339 e. The van der Waals surface area contributed by atoms with Gasteiger partial charge in [0.05, 0.1) is 5.54 Å². The van der Waals surface area contributed by atoms with Crippen LogP contribution < -0.4 is 5.73 Å². The quantitative estimate of drug-likeness (QED) is 0.893. The first-order chi connectivity index (χ1) is 8.49. The molecule has 0 spiro atoms. The highest BCUT2D eigenvalue weighted by molar-refractivity contribution is 5.05. The Balaban J connectivity index is 2.00. The molecular formula is C14H25N3O. The van der Waals surface area contributed by atoms with Crippen molar-refractivity contribution in [3.8, 4) is 0 Å². The Hall–Kier alpha value is -0.900. The second-order valence-corrected chi connectivity index (χ2v) is 6.28. The van der Waals surface area contributed by atoms with Gasteiger partial charge < -0.3 is 10.3 Å². The van der Waals surface area contributed by atoms with Crippen LogP contribution in [0.2, 0.25) is 0 Å². The standard InChI is InChI=1S/C14H25N3O/c1-10(2)4-5-12-16-13(17-18-12)14(15)8-6-11(3)7-9-14/h10-11H,4-9,15H2,1-3H3. The second-order valence-electron chi connectivity index (χ2n) is 6.28. The van der Waals surface area contributed by atoms with Crippen LogP contribution in [0.25, 0.3) is 0 Å². The molecule has 4 heteroatoms. The molecule has 2 rings (SSSR count). The van der Waals surface area contributed by atoms with E-state index in [1.165, 1.54) is 0 Å². The van der Waals surface area contributed by atoms with Gasteiger partial charge in [0.1, 0.15) is 0 Å². The van der Waals surface area contributed by atoms with Gasteiger partial charge in [-0.1, -0.05) is 25.9 Å². The summed E-state index contributed by atoms with van der Waals surface area (Å²) in [4.78, 5) is 4.50. The molecule has 0 bridgehead atoms. The molecular weight excluding hydrogens is 226 g/mol. The predicted molar refractivity (Wildman–Crippen MR) is 71.0 cm³/mol. The first kappa shape index (κ1) is 13.5. The molecule has 1 aromatic heterocycles. The van der Waals surface area contributed by atoms with Crippen molar-refractivity contribution in [2.75, 3.05) is 0 Å². The fourth-order valence-corrected chi connectivity index (χ4v) is 2.47. The van der Waals surface area contributed by atoms with Crippen molar-refractivity contribution in [3.63, 3.8) is 0 Å². The molecule has 0 saturated heterocycles. The molecule has 102 valence electrons. The van der Waals surface area contributed by atoms with Gasteiger partial charge in [-0.3, -0.25) is 0 Å². The van der Waals surface area contributed by atoms with Gasteiger partial charge in [0.25, 0.3) is 0 Å². The number of hydrogen-bond acceptors (Lipinski definition) is 4. The van der Waals surface area contributed by atoms with Gasteiger partial charge in [0, 0.05) is 6.42 Å². The zero-order chi connectivity index (χ0) is 13.2. The fourth-order valence-electron chi connectivity index (χ4n) is 2.47. The van der Waals surface area contributed by atoms with Crippen molar-refractivity contribution in [2.24, 2.45) is 17.6 Å². The average Bonchev–Trinajstić information content (AvgIpc) is 2.80. The monoisotopic (exact) mass is 251 g/mol. The number of hydrogen-bond donors (Lipinski definition) is 1. The maximum Gasteiger partial charge on any atom is 0.226 e. The third-order valence-electron chi connectivity index (χ3n) is 4.02. The second kappa shape index (κ2) is 5.39. The molecule has 0 radical (unpaired) electrons. The molecule has 1 heterocycles. The molecule has 0 aromatic carbocycles. The molecule has 0 atom stereocenters. The molecule has 0 amide bonds. The molecule has 0 unspecified atom stereocenters. The van der Waals surface area contributed by atoms with Gasteiger partial charge in [0.2, 0.25) is 5.89 Å². The number of aromatic nitrogens is 2. The van der Waals surface area contributed by atoms with Crippen LogP contribution in [0.3, 0.4) is 0 Å². The Bertz CT molecular complexity index is 378. The van der Waals surface area contributed by atoms with Crippen LogP contribution in [-0.2, 0) is 12.0 Å². The van der Waals surface area contributed by atoms with Crippen LogP contribution in [-0.4, -0.2) is 10.1 Å². The molecule has 1 saturated carbocycles. The summed E-state index contributed by atoms with van der Waals surface area (Å²) in [5.74, 6) is 2.88. The molecule has 0 aliphatic heterocycles. The molecule has 4 nitrogen and oxygen atoms in total. The predicted octanol–water partition coefficient (Wildman–Crippen LogP) is 3.02. The Labute approximate surface area is 109 Å². The van der Waals surface area contributed by atoms with Crippen LogP contribution in [0.5, 0.6) is 0 Å². The van der Waals surface area contributed by atoms with Crippen LogP contribution in [0.15, 0.2) is 4.52 Å². The van der Waals surface area contributed by atoms with Crippen molar-refractivity contribution in [2.45, 2.75) is 64.8 Å². The summed E-state index contributed by atoms with van der Waals surface area (Å²) in [5.41, 5.74) is 6.07. The fraction of sp³-hybridized carbons (Fsp3) is 0.857. The van der Waals surface area contributed by atoms with Crippen molar-refractivity contribution >= 4 is 0 Å². The summed E-state index contributed by atoms with van der Waals surface area (Å²) < 4.78 is 5.32.